The van der Waals surface area contributed by atoms with Crippen molar-refractivity contribution in [2.45, 2.75) is 50.7 Å². The Balaban J connectivity index is 1.97. The second-order valence-electron chi connectivity index (χ2n) is 6.90. The molecule has 1 aliphatic heterocycles. The van der Waals surface area contributed by atoms with E-state index in [4.69, 9.17) is 4.99 Å². The molecule has 2 aliphatic rings. The largest absolute Gasteiger partial charge is 0.357 e. The number of hydrogen-bond acceptors (Lipinski definition) is 3. The molecule has 132 valence electrons. The van der Waals surface area contributed by atoms with Crippen LogP contribution in [-0.4, -0.2) is 61.5 Å². The average Bonchev–Trinajstić information content (AvgIpc) is 3.21. The van der Waals surface area contributed by atoms with Gasteiger partial charge in [-0.15, -0.1) is 0 Å². The maximum Gasteiger partial charge on any atom is 0.230 e. The predicted octanol–water partition coefficient (Wildman–Crippen LogP) is 2.09. The van der Waals surface area contributed by atoms with Crippen LogP contribution < -0.4 is 10.6 Å². The van der Waals surface area contributed by atoms with Crippen LogP contribution in [0.25, 0.3) is 0 Å². The SMILES string of the molecule is CCNC(=NCC1(C(=O)N(C)C)CCCC1)NCC1CCCS1. The van der Waals surface area contributed by atoms with Gasteiger partial charge < -0.3 is 15.5 Å². The second-order valence-corrected chi connectivity index (χ2v) is 8.31. The van der Waals surface area contributed by atoms with E-state index < -0.39 is 0 Å². The Morgan fingerprint density at radius 2 is 2.00 bits per heavy atom. The lowest BCUT2D eigenvalue weighted by molar-refractivity contribution is -0.138. The Morgan fingerprint density at radius 1 is 1.26 bits per heavy atom. The number of amides is 1. The van der Waals surface area contributed by atoms with E-state index in [1.54, 1.807) is 4.90 Å². The van der Waals surface area contributed by atoms with Gasteiger partial charge in [-0.2, -0.15) is 11.8 Å². The molecule has 1 saturated heterocycles. The Hall–Kier alpha value is -0.910. The summed E-state index contributed by atoms with van der Waals surface area (Å²) >= 11 is 2.05. The first kappa shape index (κ1) is 18.4. The van der Waals surface area contributed by atoms with Gasteiger partial charge in [0.2, 0.25) is 5.91 Å². The number of hydrogen-bond donors (Lipinski definition) is 2. The molecule has 0 bridgehead atoms. The number of nitrogens with one attached hydrogen (secondary N) is 2. The summed E-state index contributed by atoms with van der Waals surface area (Å²) < 4.78 is 0. The molecular formula is C17H32N4OS. The number of carbonyl (C=O) groups excluding carboxylic acids is 1. The summed E-state index contributed by atoms with van der Waals surface area (Å²) in [4.78, 5) is 19.1. The summed E-state index contributed by atoms with van der Waals surface area (Å²) in [6, 6.07) is 0. The van der Waals surface area contributed by atoms with Crippen molar-refractivity contribution in [3.63, 3.8) is 0 Å². The highest BCUT2D eigenvalue weighted by Crippen LogP contribution is 2.39. The van der Waals surface area contributed by atoms with E-state index in [-0.39, 0.29) is 11.3 Å². The number of thioether (sulfide) groups is 1. The summed E-state index contributed by atoms with van der Waals surface area (Å²) in [6.07, 6.45) is 6.82. The first-order valence-electron chi connectivity index (χ1n) is 8.93. The van der Waals surface area contributed by atoms with Crippen LogP contribution in [0, 0.1) is 5.41 Å². The van der Waals surface area contributed by atoms with Crippen molar-refractivity contribution in [3.05, 3.63) is 0 Å². The van der Waals surface area contributed by atoms with E-state index in [1.165, 1.54) is 18.6 Å². The van der Waals surface area contributed by atoms with Crippen LogP contribution in [0.15, 0.2) is 4.99 Å². The summed E-state index contributed by atoms with van der Waals surface area (Å²) in [7, 11) is 3.71. The third kappa shape index (κ3) is 5.03. The molecule has 2 rings (SSSR count). The molecule has 5 nitrogen and oxygen atoms in total. The second kappa shape index (κ2) is 8.81. The zero-order valence-corrected chi connectivity index (χ0v) is 15.7. The molecule has 23 heavy (non-hydrogen) atoms. The fourth-order valence-electron chi connectivity index (χ4n) is 3.55. The van der Waals surface area contributed by atoms with Gasteiger partial charge in [-0.25, -0.2) is 0 Å². The summed E-state index contributed by atoms with van der Waals surface area (Å²) in [5.74, 6) is 2.37. The number of carbonyl (C=O) groups is 1. The minimum absolute atomic E-state index is 0.237. The lowest BCUT2D eigenvalue weighted by Gasteiger charge is -2.29. The van der Waals surface area contributed by atoms with Gasteiger partial charge in [0.05, 0.1) is 12.0 Å². The summed E-state index contributed by atoms with van der Waals surface area (Å²) in [6.45, 7) is 4.48. The van der Waals surface area contributed by atoms with E-state index >= 15 is 0 Å². The number of nitrogens with zero attached hydrogens (tertiary/aromatic N) is 2. The average molecular weight is 341 g/mol. The van der Waals surface area contributed by atoms with Crippen molar-refractivity contribution in [1.29, 1.82) is 0 Å². The normalized spacial score (nSPS) is 23.8. The van der Waals surface area contributed by atoms with Gasteiger partial charge in [-0.05, 0) is 38.4 Å². The highest BCUT2D eigenvalue weighted by molar-refractivity contribution is 8.00. The molecule has 1 heterocycles. The van der Waals surface area contributed by atoms with Gasteiger partial charge in [-0.1, -0.05) is 12.8 Å². The molecule has 0 aromatic rings. The minimum Gasteiger partial charge on any atom is -0.357 e. The molecule has 0 aromatic carbocycles. The highest BCUT2D eigenvalue weighted by Gasteiger charge is 2.42. The minimum atomic E-state index is -0.284. The van der Waals surface area contributed by atoms with Crippen molar-refractivity contribution < 1.29 is 4.79 Å². The Bertz CT molecular complexity index is 413. The standard InChI is InChI=1S/C17H32N4OS/c1-4-18-16(19-12-14-8-7-11-23-14)20-13-17(9-5-6-10-17)15(22)21(2)3/h14H,4-13H2,1-3H3,(H2,18,19,20). The van der Waals surface area contributed by atoms with Gasteiger partial charge in [0.1, 0.15) is 0 Å². The molecule has 2 N–H and O–H groups in total. The Kier molecular flexibility index (Phi) is 7.06. The lowest BCUT2D eigenvalue weighted by atomic mass is 9.85. The Morgan fingerprint density at radius 3 is 2.57 bits per heavy atom. The van der Waals surface area contributed by atoms with E-state index in [1.807, 2.05) is 25.9 Å². The summed E-state index contributed by atoms with van der Waals surface area (Å²) in [5.41, 5.74) is -0.284. The molecule has 0 radical (unpaired) electrons. The Labute approximate surface area is 145 Å². The van der Waals surface area contributed by atoms with Crippen molar-refractivity contribution >= 4 is 23.6 Å². The van der Waals surface area contributed by atoms with E-state index in [9.17, 15) is 4.79 Å². The van der Waals surface area contributed by atoms with Crippen LogP contribution in [0.3, 0.4) is 0 Å². The van der Waals surface area contributed by atoms with E-state index in [0.717, 1.165) is 44.7 Å². The van der Waals surface area contributed by atoms with Crippen LogP contribution >= 0.6 is 11.8 Å². The van der Waals surface area contributed by atoms with Crippen molar-refractivity contribution in [1.82, 2.24) is 15.5 Å². The summed E-state index contributed by atoms with van der Waals surface area (Å²) in [5, 5.41) is 7.48. The first-order chi connectivity index (χ1) is 11.1. The maximum atomic E-state index is 12.6. The number of guanidine groups is 1. The van der Waals surface area contributed by atoms with Crippen molar-refractivity contribution in [2.75, 3.05) is 39.5 Å². The quantitative estimate of drug-likeness (QED) is 0.574. The van der Waals surface area contributed by atoms with Gasteiger partial charge in [0, 0.05) is 32.4 Å². The van der Waals surface area contributed by atoms with Gasteiger partial charge in [0.15, 0.2) is 5.96 Å². The van der Waals surface area contributed by atoms with Gasteiger partial charge in [-0.3, -0.25) is 9.79 Å². The number of aliphatic imine (C=N–C) groups is 1. The highest BCUT2D eigenvalue weighted by atomic mass is 32.2. The topological polar surface area (TPSA) is 56.7 Å². The third-order valence-corrected chi connectivity index (χ3v) is 6.22. The van der Waals surface area contributed by atoms with Crippen LogP contribution in [0.1, 0.15) is 45.4 Å². The fourth-order valence-corrected chi connectivity index (χ4v) is 4.75. The van der Waals surface area contributed by atoms with E-state index in [2.05, 4.69) is 17.6 Å². The molecule has 0 spiro atoms. The smallest absolute Gasteiger partial charge is 0.230 e. The van der Waals surface area contributed by atoms with E-state index in [0.29, 0.717) is 11.8 Å². The first-order valence-corrected chi connectivity index (χ1v) is 9.98. The van der Waals surface area contributed by atoms with Crippen LogP contribution in [-0.2, 0) is 4.79 Å². The molecule has 2 fully saturated rings. The van der Waals surface area contributed by atoms with Crippen molar-refractivity contribution in [3.8, 4) is 0 Å². The lowest BCUT2D eigenvalue weighted by Crippen LogP contribution is -2.44. The molecule has 0 aromatic heterocycles. The predicted molar refractivity (Wildman–Crippen MR) is 99.1 cm³/mol. The molecule has 1 unspecified atom stereocenters. The molecule has 6 heteroatoms. The maximum absolute atomic E-state index is 12.6. The third-order valence-electron chi connectivity index (χ3n) is 4.83. The molecule has 1 saturated carbocycles. The monoisotopic (exact) mass is 340 g/mol. The molecule has 1 aliphatic carbocycles. The van der Waals surface area contributed by atoms with Crippen LogP contribution in [0.4, 0.5) is 0 Å². The number of rotatable bonds is 6. The van der Waals surface area contributed by atoms with Crippen LogP contribution in [0.2, 0.25) is 0 Å². The zero-order chi connectivity index (χ0) is 16.7. The van der Waals surface area contributed by atoms with Crippen LogP contribution in [0.5, 0.6) is 0 Å². The molecule has 1 amide bonds. The molecule has 1 atom stereocenters. The van der Waals surface area contributed by atoms with Gasteiger partial charge >= 0.3 is 0 Å². The fraction of sp³-hybridized carbons (Fsp3) is 0.882. The zero-order valence-electron chi connectivity index (χ0n) is 14.9. The van der Waals surface area contributed by atoms with Gasteiger partial charge in [0.25, 0.3) is 0 Å². The molecular weight excluding hydrogens is 308 g/mol. The van der Waals surface area contributed by atoms with Crippen molar-refractivity contribution in [2.24, 2.45) is 10.4 Å².